The van der Waals surface area contributed by atoms with E-state index in [-0.39, 0.29) is 5.78 Å². The number of Topliss-reactive ketones (excluding diaryl/α,β-unsaturated/α-hetero) is 1. The van der Waals surface area contributed by atoms with E-state index in [2.05, 4.69) is 20.6 Å². The predicted molar refractivity (Wildman–Crippen MR) is 69.7 cm³/mol. The summed E-state index contributed by atoms with van der Waals surface area (Å²) in [5.41, 5.74) is 1.21. The summed E-state index contributed by atoms with van der Waals surface area (Å²) in [6.07, 6.45) is 0.484. The predicted octanol–water partition coefficient (Wildman–Crippen LogP) is 1.90. The minimum atomic E-state index is 0.102. The molecule has 100 valence electrons. The van der Waals surface area contributed by atoms with Crippen molar-refractivity contribution in [1.82, 2.24) is 25.3 Å². The first-order valence-electron chi connectivity index (χ1n) is 6.13. The molecule has 0 saturated heterocycles. The SMILES string of the molecule is CCC(=O)c1ccc(Oc2ccc3nnnn3n2)cc1. The zero-order valence-electron chi connectivity index (χ0n) is 10.7. The zero-order chi connectivity index (χ0) is 13.9. The van der Waals surface area contributed by atoms with Gasteiger partial charge in [0.15, 0.2) is 11.4 Å². The molecule has 20 heavy (non-hydrogen) atoms. The van der Waals surface area contributed by atoms with Gasteiger partial charge in [0.25, 0.3) is 0 Å². The maximum absolute atomic E-state index is 11.5. The van der Waals surface area contributed by atoms with Gasteiger partial charge in [0.2, 0.25) is 5.88 Å². The van der Waals surface area contributed by atoms with Gasteiger partial charge in [-0.05, 0) is 40.8 Å². The van der Waals surface area contributed by atoms with Gasteiger partial charge in [0.05, 0.1) is 0 Å². The Kier molecular flexibility index (Phi) is 3.08. The molecule has 7 heteroatoms. The highest BCUT2D eigenvalue weighted by Crippen LogP contribution is 2.20. The molecule has 3 aromatic rings. The Balaban J connectivity index is 1.81. The van der Waals surface area contributed by atoms with E-state index in [9.17, 15) is 4.79 Å². The van der Waals surface area contributed by atoms with E-state index in [0.717, 1.165) is 0 Å². The molecule has 0 atom stereocenters. The van der Waals surface area contributed by atoms with Gasteiger partial charge in [-0.1, -0.05) is 6.92 Å². The number of fused-ring (bicyclic) bond motifs is 1. The van der Waals surface area contributed by atoms with E-state index >= 15 is 0 Å². The molecule has 0 aliphatic heterocycles. The molecule has 0 unspecified atom stereocenters. The van der Waals surface area contributed by atoms with Crippen molar-refractivity contribution in [2.24, 2.45) is 0 Å². The monoisotopic (exact) mass is 269 g/mol. The number of benzene rings is 1. The van der Waals surface area contributed by atoms with Crippen molar-refractivity contribution in [3.05, 3.63) is 42.0 Å². The van der Waals surface area contributed by atoms with Crippen molar-refractivity contribution in [3.63, 3.8) is 0 Å². The molecule has 0 spiro atoms. The summed E-state index contributed by atoms with van der Waals surface area (Å²) in [6.45, 7) is 1.83. The van der Waals surface area contributed by atoms with Crippen LogP contribution in [-0.4, -0.2) is 31.0 Å². The second-order valence-corrected chi connectivity index (χ2v) is 4.10. The molecule has 0 aliphatic rings. The lowest BCUT2D eigenvalue weighted by Gasteiger charge is -2.05. The van der Waals surface area contributed by atoms with Crippen LogP contribution in [0.2, 0.25) is 0 Å². The van der Waals surface area contributed by atoms with Crippen molar-refractivity contribution in [2.45, 2.75) is 13.3 Å². The van der Waals surface area contributed by atoms with Crippen LogP contribution in [0, 0.1) is 0 Å². The van der Waals surface area contributed by atoms with E-state index in [1.807, 2.05) is 6.92 Å². The van der Waals surface area contributed by atoms with Crippen molar-refractivity contribution in [2.75, 3.05) is 0 Å². The van der Waals surface area contributed by atoms with Crippen LogP contribution in [0.25, 0.3) is 5.65 Å². The van der Waals surface area contributed by atoms with E-state index in [1.54, 1.807) is 36.4 Å². The Morgan fingerprint density at radius 1 is 1.20 bits per heavy atom. The van der Waals surface area contributed by atoms with Gasteiger partial charge >= 0.3 is 0 Å². The lowest BCUT2D eigenvalue weighted by Crippen LogP contribution is -1.98. The summed E-state index contributed by atoms with van der Waals surface area (Å²) in [5, 5.41) is 15.0. The summed E-state index contributed by atoms with van der Waals surface area (Å²) in [5.74, 6) is 1.07. The van der Waals surface area contributed by atoms with Crippen LogP contribution in [0.3, 0.4) is 0 Å². The minimum Gasteiger partial charge on any atom is -0.438 e. The van der Waals surface area contributed by atoms with Crippen LogP contribution >= 0.6 is 0 Å². The van der Waals surface area contributed by atoms with Crippen LogP contribution < -0.4 is 4.74 Å². The molecule has 1 aromatic carbocycles. The Bertz CT molecular complexity index is 751. The first kappa shape index (κ1) is 12.2. The second-order valence-electron chi connectivity index (χ2n) is 4.10. The number of nitrogens with zero attached hydrogens (tertiary/aromatic N) is 5. The fourth-order valence-electron chi connectivity index (χ4n) is 1.72. The van der Waals surface area contributed by atoms with Crippen LogP contribution in [0.15, 0.2) is 36.4 Å². The number of ether oxygens (including phenoxy) is 1. The Morgan fingerprint density at radius 3 is 2.75 bits per heavy atom. The number of tetrazole rings is 1. The van der Waals surface area contributed by atoms with Crippen molar-refractivity contribution >= 4 is 11.4 Å². The average Bonchev–Trinajstić information content (AvgIpc) is 2.95. The third-order valence-corrected chi connectivity index (χ3v) is 2.76. The van der Waals surface area contributed by atoms with Gasteiger partial charge in [-0.15, -0.1) is 14.8 Å². The van der Waals surface area contributed by atoms with Crippen molar-refractivity contribution in [1.29, 1.82) is 0 Å². The summed E-state index contributed by atoms with van der Waals surface area (Å²) >= 11 is 0. The Labute approximate surface area is 114 Å². The lowest BCUT2D eigenvalue weighted by molar-refractivity contribution is 0.0988. The molecular formula is C13H11N5O2. The van der Waals surface area contributed by atoms with E-state index in [4.69, 9.17) is 4.74 Å². The van der Waals surface area contributed by atoms with Gasteiger partial charge in [-0.3, -0.25) is 4.79 Å². The number of rotatable bonds is 4. The molecular weight excluding hydrogens is 258 g/mol. The smallest absolute Gasteiger partial charge is 0.239 e. The summed E-state index contributed by atoms with van der Waals surface area (Å²) in [6, 6.07) is 10.3. The molecule has 0 saturated carbocycles. The third kappa shape index (κ3) is 2.33. The lowest BCUT2D eigenvalue weighted by atomic mass is 10.1. The molecule has 0 radical (unpaired) electrons. The van der Waals surface area contributed by atoms with Crippen LogP contribution in [0.5, 0.6) is 11.6 Å². The molecule has 0 amide bonds. The summed E-state index contributed by atoms with van der Waals surface area (Å²) < 4.78 is 6.87. The van der Waals surface area contributed by atoms with Crippen LogP contribution in [0.4, 0.5) is 0 Å². The number of hydrogen-bond acceptors (Lipinski definition) is 6. The largest absolute Gasteiger partial charge is 0.438 e. The second kappa shape index (κ2) is 5.04. The highest BCUT2D eigenvalue weighted by Gasteiger charge is 2.05. The highest BCUT2D eigenvalue weighted by atomic mass is 16.5. The van der Waals surface area contributed by atoms with Gasteiger partial charge in [0.1, 0.15) is 5.75 Å². The summed E-state index contributed by atoms with van der Waals surface area (Å²) in [4.78, 5) is 11.5. The number of carbonyl (C=O) groups excluding carboxylic acids is 1. The quantitative estimate of drug-likeness (QED) is 0.673. The maximum atomic E-state index is 11.5. The van der Waals surface area contributed by atoms with Crippen LogP contribution in [-0.2, 0) is 0 Å². The topological polar surface area (TPSA) is 82.3 Å². The van der Waals surface area contributed by atoms with E-state index < -0.39 is 0 Å². The van der Waals surface area contributed by atoms with E-state index in [1.165, 1.54) is 4.63 Å². The van der Waals surface area contributed by atoms with Gasteiger partial charge in [-0.2, -0.15) is 0 Å². The number of ketones is 1. The maximum Gasteiger partial charge on any atom is 0.239 e. The fraction of sp³-hybridized carbons (Fsp3) is 0.154. The first-order valence-corrected chi connectivity index (χ1v) is 6.13. The molecule has 0 fully saturated rings. The zero-order valence-corrected chi connectivity index (χ0v) is 10.7. The number of carbonyl (C=O) groups is 1. The fourth-order valence-corrected chi connectivity index (χ4v) is 1.72. The van der Waals surface area contributed by atoms with E-state index in [0.29, 0.717) is 29.3 Å². The van der Waals surface area contributed by atoms with Crippen molar-refractivity contribution < 1.29 is 9.53 Å². The molecule has 3 rings (SSSR count). The van der Waals surface area contributed by atoms with Crippen molar-refractivity contribution in [3.8, 4) is 11.6 Å². The van der Waals surface area contributed by atoms with Gasteiger partial charge < -0.3 is 4.74 Å². The summed E-state index contributed by atoms with van der Waals surface area (Å²) in [7, 11) is 0. The van der Waals surface area contributed by atoms with Crippen LogP contribution in [0.1, 0.15) is 23.7 Å². The Hall–Kier alpha value is -2.83. The highest BCUT2D eigenvalue weighted by molar-refractivity contribution is 5.95. The molecule has 0 N–H and O–H groups in total. The van der Waals surface area contributed by atoms with Gasteiger partial charge in [0, 0.05) is 18.1 Å². The normalized spacial score (nSPS) is 10.7. The molecule has 0 aliphatic carbocycles. The third-order valence-electron chi connectivity index (χ3n) is 2.76. The molecule has 2 aromatic heterocycles. The standard InChI is InChI=1S/C13H11N5O2/c1-2-11(19)9-3-5-10(6-4-9)20-13-8-7-12-14-16-17-18(12)15-13/h3-8H,2H2,1H3. The Morgan fingerprint density at radius 2 is 2.00 bits per heavy atom. The molecule has 7 nitrogen and oxygen atoms in total. The minimum absolute atomic E-state index is 0.102. The average molecular weight is 269 g/mol. The number of hydrogen-bond donors (Lipinski definition) is 0. The molecule has 2 heterocycles. The first-order chi connectivity index (χ1) is 9.76. The molecule has 0 bridgehead atoms. The number of aromatic nitrogens is 5. The van der Waals surface area contributed by atoms with Gasteiger partial charge in [-0.25, -0.2) is 0 Å².